The van der Waals surface area contributed by atoms with Gasteiger partial charge in [0.15, 0.2) is 6.10 Å². The van der Waals surface area contributed by atoms with Crippen LogP contribution >= 0.6 is 0 Å². The lowest BCUT2D eigenvalue weighted by molar-refractivity contribution is -0.167. The van der Waals surface area contributed by atoms with Gasteiger partial charge in [-0.25, -0.2) is 0 Å². The quantitative estimate of drug-likeness (QED) is 0.0261. The summed E-state index contributed by atoms with van der Waals surface area (Å²) in [6.45, 7) is 6.45. The highest BCUT2D eigenvalue weighted by atomic mass is 16.6. The number of ether oxygens (including phenoxy) is 3. The Morgan fingerprint density at radius 2 is 0.520 bits per heavy atom. The van der Waals surface area contributed by atoms with Gasteiger partial charge < -0.3 is 14.2 Å². The van der Waals surface area contributed by atoms with Gasteiger partial charge in [0.2, 0.25) is 0 Å². The van der Waals surface area contributed by atoms with Crippen LogP contribution in [0.25, 0.3) is 0 Å². The Hall–Kier alpha value is -4.19. The van der Waals surface area contributed by atoms with Gasteiger partial charge in [-0.3, -0.25) is 14.4 Å². The lowest BCUT2D eigenvalue weighted by Crippen LogP contribution is -2.30. The Labute approximate surface area is 462 Å². The van der Waals surface area contributed by atoms with Crippen LogP contribution in [0.1, 0.15) is 278 Å². The van der Waals surface area contributed by atoms with Crippen LogP contribution in [0.15, 0.2) is 122 Å². The maximum atomic E-state index is 12.8. The van der Waals surface area contributed by atoms with Crippen LogP contribution in [-0.2, 0) is 28.6 Å². The second-order valence-corrected chi connectivity index (χ2v) is 20.2. The normalized spacial score (nSPS) is 12.9. The van der Waals surface area contributed by atoms with E-state index in [0.717, 1.165) is 135 Å². The van der Waals surface area contributed by atoms with E-state index in [1.165, 1.54) is 103 Å². The SMILES string of the molecule is CC/C=C\C/C=C\C/C=C\C/C=C\C/C=C\C/C=C\C/C=C\CCCCCCCCCC(=O)OCC(COC(=O)CCCCCCCCC)OC(=O)CCCCCCCC/C=C\C/C=C\C/C=C\CCCCCCC. The van der Waals surface area contributed by atoms with Crippen LogP contribution in [0.5, 0.6) is 0 Å². The molecule has 0 rings (SSSR count). The van der Waals surface area contributed by atoms with E-state index in [1.807, 2.05) is 0 Å². The van der Waals surface area contributed by atoms with Crippen molar-refractivity contribution in [3.8, 4) is 0 Å². The first-order chi connectivity index (χ1) is 37.0. The fourth-order valence-corrected chi connectivity index (χ4v) is 8.31. The van der Waals surface area contributed by atoms with Crippen LogP contribution in [-0.4, -0.2) is 37.2 Å². The molecule has 0 N–H and O–H groups in total. The maximum Gasteiger partial charge on any atom is 0.306 e. The fourth-order valence-electron chi connectivity index (χ4n) is 8.31. The number of unbranched alkanes of at least 4 members (excludes halogenated alkanes) is 24. The predicted octanol–water partition coefficient (Wildman–Crippen LogP) is 21.2. The van der Waals surface area contributed by atoms with Crippen molar-refractivity contribution in [3.63, 3.8) is 0 Å². The molecule has 0 amide bonds. The van der Waals surface area contributed by atoms with Gasteiger partial charge in [-0.1, -0.05) is 264 Å². The summed E-state index contributed by atoms with van der Waals surface area (Å²) in [4.78, 5) is 38.0. The molecule has 0 aromatic rings. The number of rotatable bonds is 55. The second-order valence-electron chi connectivity index (χ2n) is 20.2. The van der Waals surface area contributed by atoms with Crippen LogP contribution in [0.4, 0.5) is 0 Å². The van der Waals surface area contributed by atoms with Crippen molar-refractivity contribution in [1.29, 1.82) is 0 Å². The predicted molar refractivity (Wildman–Crippen MR) is 325 cm³/mol. The molecule has 0 bridgehead atoms. The van der Waals surface area contributed by atoms with E-state index in [1.54, 1.807) is 0 Å². The zero-order valence-electron chi connectivity index (χ0n) is 48.8. The summed E-state index contributed by atoms with van der Waals surface area (Å²) < 4.78 is 16.8. The minimum atomic E-state index is -0.791. The van der Waals surface area contributed by atoms with Crippen molar-refractivity contribution >= 4 is 17.9 Å². The van der Waals surface area contributed by atoms with E-state index >= 15 is 0 Å². The number of carbonyl (C=O) groups excluding carboxylic acids is 3. The van der Waals surface area contributed by atoms with Crippen LogP contribution in [0.2, 0.25) is 0 Å². The monoisotopic (exact) mass is 1040 g/mol. The number of hydrogen-bond acceptors (Lipinski definition) is 6. The largest absolute Gasteiger partial charge is 0.462 e. The molecule has 426 valence electrons. The van der Waals surface area contributed by atoms with E-state index in [-0.39, 0.29) is 31.1 Å². The van der Waals surface area contributed by atoms with Crippen LogP contribution < -0.4 is 0 Å². The summed E-state index contributed by atoms with van der Waals surface area (Å²) in [6.07, 6.45) is 86.5. The van der Waals surface area contributed by atoms with Gasteiger partial charge in [-0.05, 0) is 116 Å². The molecule has 0 aromatic carbocycles. The molecule has 0 radical (unpaired) electrons. The number of hydrogen-bond donors (Lipinski definition) is 0. The number of esters is 3. The smallest absolute Gasteiger partial charge is 0.306 e. The van der Waals surface area contributed by atoms with Gasteiger partial charge in [0.05, 0.1) is 0 Å². The zero-order valence-corrected chi connectivity index (χ0v) is 48.8. The van der Waals surface area contributed by atoms with Crippen molar-refractivity contribution < 1.29 is 28.6 Å². The molecular weight excluding hydrogens is 925 g/mol. The van der Waals surface area contributed by atoms with Crippen molar-refractivity contribution in [3.05, 3.63) is 122 Å². The van der Waals surface area contributed by atoms with Crippen molar-refractivity contribution in [2.45, 2.75) is 284 Å². The molecule has 0 aliphatic rings. The first-order valence-electron chi connectivity index (χ1n) is 31.0. The van der Waals surface area contributed by atoms with Crippen LogP contribution in [0.3, 0.4) is 0 Å². The first-order valence-corrected chi connectivity index (χ1v) is 31.0. The molecule has 1 unspecified atom stereocenters. The molecule has 1 atom stereocenters. The van der Waals surface area contributed by atoms with E-state index < -0.39 is 6.10 Å². The standard InChI is InChI=1S/C69H114O6/c1-4-7-10-13-16-18-20-22-24-26-28-30-31-32-33-34-35-36-37-39-40-42-44-46-48-50-53-56-59-62-68(71)74-65-66(64-73-67(70)61-58-55-52-15-12-9-6-3)75-69(72)63-60-57-54-51-49-47-45-43-41-38-29-27-25-23-21-19-17-14-11-8-5-2/h7,10,16,18,21-24,27-30,32-33,35-36,39-41,43,66H,4-6,8-9,11-15,17,19-20,25-26,31,34,37-38,42,44-65H2,1-3H3/b10-7-,18-16-,23-21-,24-22-,29-27-,30-28-,33-32-,36-35-,40-39-,43-41-. The third-order valence-electron chi connectivity index (χ3n) is 13.0. The number of carbonyl (C=O) groups is 3. The van der Waals surface area contributed by atoms with E-state index in [2.05, 4.69) is 142 Å². The topological polar surface area (TPSA) is 78.9 Å². The molecule has 0 fully saturated rings. The summed E-state index contributed by atoms with van der Waals surface area (Å²) in [5, 5.41) is 0. The van der Waals surface area contributed by atoms with Crippen molar-refractivity contribution in [1.82, 2.24) is 0 Å². The lowest BCUT2D eigenvalue weighted by Gasteiger charge is -2.18. The molecule has 0 heterocycles. The van der Waals surface area contributed by atoms with Gasteiger partial charge in [-0.15, -0.1) is 0 Å². The fraction of sp³-hybridized carbons (Fsp3) is 0.667. The summed E-state index contributed by atoms with van der Waals surface area (Å²) in [5.74, 6) is -0.918. The Balaban J connectivity index is 4.23. The molecule has 0 aromatic heterocycles. The Morgan fingerprint density at radius 1 is 0.280 bits per heavy atom. The minimum absolute atomic E-state index is 0.0883. The summed E-state index contributed by atoms with van der Waals surface area (Å²) in [5.41, 5.74) is 0. The molecule has 6 heteroatoms. The molecule has 6 nitrogen and oxygen atoms in total. The third-order valence-corrected chi connectivity index (χ3v) is 13.0. The highest BCUT2D eigenvalue weighted by molar-refractivity contribution is 5.71. The number of allylic oxidation sites excluding steroid dienone is 20. The highest BCUT2D eigenvalue weighted by Crippen LogP contribution is 2.14. The molecule has 0 saturated heterocycles. The van der Waals surface area contributed by atoms with Crippen molar-refractivity contribution in [2.24, 2.45) is 0 Å². The Kier molecular flexibility index (Phi) is 58.9. The van der Waals surface area contributed by atoms with Crippen LogP contribution in [0, 0.1) is 0 Å². The van der Waals surface area contributed by atoms with Gasteiger partial charge in [-0.2, -0.15) is 0 Å². The third kappa shape index (κ3) is 60.6. The lowest BCUT2D eigenvalue weighted by atomic mass is 10.1. The Morgan fingerprint density at radius 3 is 0.813 bits per heavy atom. The summed E-state index contributed by atoms with van der Waals surface area (Å²) >= 11 is 0. The minimum Gasteiger partial charge on any atom is -0.462 e. The molecular formula is C69H114O6. The molecule has 0 aliphatic carbocycles. The van der Waals surface area contributed by atoms with E-state index in [4.69, 9.17) is 14.2 Å². The second kappa shape index (κ2) is 62.4. The summed E-state index contributed by atoms with van der Waals surface area (Å²) in [6, 6.07) is 0. The van der Waals surface area contributed by atoms with Gasteiger partial charge in [0.1, 0.15) is 13.2 Å². The zero-order chi connectivity index (χ0) is 54.3. The molecule has 0 spiro atoms. The maximum absolute atomic E-state index is 12.8. The molecule has 75 heavy (non-hydrogen) atoms. The average molecular weight is 1040 g/mol. The van der Waals surface area contributed by atoms with Gasteiger partial charge in [0, 0.05) is 19.3 Å². The van der Waals surface area contributed by atoms with E-state index in [9.17, 15) is 14.4 Å². The Bertz CT molecular complexity index is 1570. The van der Waals surface area contributed by atoms with Gasteiger partial charge in [0.25, 0.3) is 0 Å². The first kappa shape index (κ1) is 70.8. The summed E-state index contributed by atoms with van der Waals surface area (Å²) in [7, 11) is 0. The average Bonchev–Trinajstić information content (AvgIpc) is 3.41. The molecule has 0 saturated carbocycles. The molecule has 0 aliphatic heterocycles. The van der Waals surface area contributed by atoms with Crippen molar-refractivity contribution in [2.75, 3.05) is 13.2 Å². The van der Waals surface area contributed by atoms with Gasteiger partial charge >= 0.3 is 17.9 Å². The highest BCUT2D eigenvalue weighted by Gasteiger charge is 2.19. The van der Waals surface area contributed by atoms with E-state index in [0.29, 0.717) is 19.3 Å².